The van der Waals surface area contributed by atoms with Crippen LogP contribution in [0.1, 0.15) is 57.2 Å². The van der Waals surface area contributed by atoms with Crippen LogP contribution < -0.4 is 5.32 Å². The predicted octanol–water partition coefficient (Wildman–Crippen LogP) is 4.06. The summed E-state index contributed by atoms with van der Waals surface area (Å²) in [7, 11) is 0. The summed E-state index contributed by atoms with van der Waals surface area (Å²) in [6.07, 6.45) is 2.90. The van der Waals surface area contributed by atoms with E-state index in [1.807, 2.05) is 38.3 Å². The van der Waals surface area contributed by atoms with Crippen molar-refractivity contribution in [3.05, 3.63) is 44.9 Å². The Labute approximate surface area is 146 Å². The lowest BCUT2D eigenvalue weighted by Gasteiger charge is -2.33. The highest BCUT2D eigenvalue weighted by Gasteiger charge is 2.39. The maximum absolute atomic E-state index is 12.8. The fraction of sp³-hybridized carbons (Fsp3) is 0.474. The van der Waals surface area contributed by atoms with E-state index >= 15 is 0 Å². The molecule has 1 aromatic heterocycles. The molecule has 1 aliphatic heterocycles. The topological polar surface area (TPSA) is 55.4 Å². The van der Waals surface area contributed by atoms with Crippen LogP contribution in [0.2, 0.25) is 0 Å². The van der Waals surface area contributed by atoms with Crippen molar-refractivity contribution in [2.75, 3.05) is 0 Å². The molecule has 0 bridgehead atoms. The normalized spacial score (nSPS) is 22.1. The van der Waals surface area contributed by atoms with E-state index in [1.165, 1.54) is 0 Å². The van der Waals surface area contributed by atoms with E-state index in [4.69, 9.17) is 4.74 Å². The van der Waals surface area contributed by atoms with E-state index in [1.54, 1.807) is 11.3 Å². The zero-order valence-electron chi connectivity index (χ0n) is 14.3. The van der Waals surface area contributed by atoms with Crippen molar-refractivity contribution >= 4 is 23.1 Å². The molecule has 4 nitrogen and oxygen atoms in total. The molecule has 24 heavy (non-hydrogen) atoms. The van der Waals surface area contributed by atoms with E-state index in [2.05, 4.69) is 5.32 Å². The molecule has 1 aliphatic carbocycles. The summed E-state index contributed by atoms with van der Waals surface area (Å²) in [6.45, 7) is 5.78. The van der Waals surface area contributed by atoms with E-state index < -0.39 is 0 Å². The monoisotopic (exact) mass is 345 g/mol. The molecular weight excluding hydrogens is 322 g/mol. The molecule has 0 aromatic carbocycles. The van der Waals surface area contributed by atoms with Gasteiger partial charge < -0.3 is 10.1 Å². The molecule has 128 valence electrons. The minimum Gasteiger partial charge on any atom is -0.459 e. The predicted molar refractivity (Wildman–Crippen MR) is 94.6 cm³/mol. The van der Waals surface area contributed by atoms with Gasteiger partial charge in [-0.2, -0.15) is 0 Å². The quantitative estimate of drug-likeness (QED) is 0.836. The summed E-state index contributed by atoms with van der Waals surface area (Å²) >= 11 is 1.58. The van der Waals surface area contributed by atoms with Gasteiger partial charge in [0, 0.05) is 28.3 Å². The van der Waals surface area contributed by atoms with Crippen molar-refractivity contribution in [1.29, 1.82) is 0 Å². The molecule has 1 aromatic rings. The molecule has 3 rings (SSSR count). The van der Waals surface area contributed by atoms with Crippen molar-refractivity contribution in [2.45, 2.75) is 58.5 Å². The third-order valence-corrected chi connectivity index (χ3v) is 5.64. The van der Waals surface area contributed by atoms with Crippen LogP contribution in [0, 0.1) is 0 Å². The van der Waals surface area contributed by atoms with Gasteiger partial charge in [0.05, 0.1) is 17.6 Å². The first-order valence-electron chi connectivity index (χ1n) is 8.51. The van der Waals surface area contributed by atoms with Crippen molar-refractivity contribution in [3.8, 4) is 0 Å². The zero-order chi connectivity index (χ0) is 17.3. The summed E-state index contributed by atoms with van der Waals surface area (Å²) < 4.78 is 5.59. The van der Waals surface area contributed by atoms with Crippen LogP contribution in [0.4, 0.5) is 0 Å². The SMILES string of the molecule is CC[C@H](C)OC(=O)C1=C(C)NC2=C(C(=O)CCC2)[C@@H]1c1cccs1. The standard InChI is InChI=1S/C19H23NO3S/c1-4-11(2)23-19(22)16-12(3)20-13-7-5-8-14(21)17(13)18(16)15-9-6-10-24-15/h6,9-11,18,20H,4-5,7-8H2,1-3H3/t11-,18+/m0/s1. The Morgan fingerprint density at radius 1 is 1.46 bits per heavy atom. The molecule has 2 heterocycles. The molecule has 0 saturated heterocycles. The molecule has 5 heteroatoms. The minimum absolute atomic E-state index is 0.140. The van der Waals surface area contributed by atoms with Crippen LogP contribution in [0.5, 0.6) is 0 Å². The highest BCUT2D eigenvalue weighted by Crippen LogP contribution is 2.43. The van der Waals surface area contributed by atoms with Crippen LogP contribution in [0.25, 0.3) is 0 Å². The number of nitrogens with one attached hydrogen (secondary N) is 1. The number of ketones is 1. The van der Waals surface area contributed by atoms with Gasteiger partial charge in [-0.3, -0.25) is 4.79 Å². The second-order valence-corrected chi connectivity index (χ2v) is 7.38. The van der Waals surface area contributed by atoms with Crippen LogP contribution in [0.3, 0.4) is 0 Å². The van der Waals surface area contributed by atoms with Gasteiger partial charge in [-0.05, 0) is 44.6 Å². The van der Waals surface area contributed by atoms with Gasteiger partial charge in [-0.1, -0.05) is 13.0 Å². The maximum Gasteiger partial charge on any atom is 0.337 e. The van der Waals surface area contributed by atoms with Gasteiger partial charge >= 0.3 is 5.97 Å². The van der Waals surface area contributed by atoms with E-state index in [0.29, 0.717) is 12.0 Å². The van der Waals surface area contributed by atoms with Crippen molar-refractivity contribution < 1.29 is 14.3 Å². The second-order valence-electron chi connectivity index (χ2n) is 6.41. The molecule has 0 amide bonds. The first-order chi connectivity index (χ1) is 11.5. The zero-order valence-corrected chi connectivity index (χ0v) is 15.2. The fourth-order valence-corrected chi connectivity index (χ4v) is 4.17. The number of carbonyl (C=O) groups excluding carboxylic acids is 2. The minimum atomic E-state index is -0.322. The van der Waals surface area contributed by atoms with E-state index in [0.717, 1.165) is 41.1 Å². The molecule has 1 N–H and O–H groups in total. The molecule has 0 spiro atoms. The lowest BCUT2D eigenvalue weighted by molar-refractivity contribution is -0.143. The third kappa shape index (κ3) is 3.05. The van der Waals surface area contributed by atoms with Gasteiger partial charge in [-0.15, -0.1) is 11.3 Å². The summed E-state index contributed by atoms with van der Waals surface area (Å²) in [4.78, 5) is 26.5. The number of carbonyl (C=O) groups is 2. The van der Waals surface area contributed by atoms with Crippen LogP contribution in [0.15, 0.2) is 40.1 Å². The third-order valence-electron chi connectivity index (χ3n) is 4.71. The van der Waals surface area contributed by atoms with Gasteiger partial charge in [0.1, 0.15) is 0 Å². The fourth-order valence-electron chi connectivity index (χ4n) is 3.32. The Morgan fingerprint density at radius 2 is 2.25 bits per heavy atom. The van der Waals surface area contributed by atoms with E-state index in [-0.39, 0.29) is 23.8 Å². The number of hydrogen-bond donors (Lipinski definition) is 1. The number of ether oxygens (including phenoxy) is 1. The summed E-state index contributed by atoms with van der Waals surface area (Å²) in [6, 6.07) is 3.96. The van der Waals surface area contributed by atoms with Crippen LogP contribution in [-0.4, -0.2) is 17.9 Å². The van der Waals surface area contributed by atoms with Crippen molar-refractivity contribution in [3.63, 3.8) is 0 Å². The Hall–Kier alpha value is -1.88. The number of rotatable bonds is 4. The van der Waals surface area contributed by atoms with Gasteiger partial charge in [0.25, 0.3) is 0 Å². The van der Waals surface area contributed by atoms with Crippen molar-refractivity contribution in [2.24, 2.45) is 0 Å². The molecule has 0 radical (unpaired) electrons. The summed E-state index contributed by atoms with van der Waals surface area (Å²) in [5, 5.41) is 5.29. The largest absolute Gasteiger partial charge is 0.459 e. The van der Waals surface area contributed by atoms with Crippen LogP contribution in [-0.2, 0) is 14.3 Å². The Balaban J connectivity index is 2.06. The number of thiophene rings is 1. The summed E-state index contributed by atoms with van der Waals surface area (Å²) in [5.74, 6) is -0.480. The van der Waals surface area contributed by atoms with Crippen molar-refractivity contribution in [1.82, 2.24) is 5.32 Å². The molecule has 0 fully saturated rings. The lowest BCUT2D eigenvalue weighted by Crippen LogP contribution is -2.34. The molecule has 2 aliphatic rings. The molecular formula is C19H23NO3S. The van der Waals surface area contributed by atoms with Gasteiger partial charge in [0.2, 0.25) is 0 Å². The molecule has 2 atom stereocenters. The first kappa shape index (κ1) is 17.0. The summed E-state index contributed by atoms with van der Waals surface area (Å²) in [5.41, 5.74) is 3.11. The van der Waals surface area contributed by atoms with Crippen LogP contribution >= 0.6 is 11.3 Å². The highest BCUT2D eigenvalue weighted by molar-refractivity contribution is 7.10. The molecule has 0 unspecified atom stereocenters. The first-order valence-corrected chi connectivity index (χ1v) is 9.39. The number of hydrogen-bond acceptors (Lipinski definition) is 5. The number of esters is 1. The lowest BCUT2D eigenvalue weighted by atomic mass is 9.78. The average Bonchev–Trinajstić information content (AvgIpc) is 3.07. The Kier molecular flexibility index (Phi) is 4.90. The van der Waals surface area contributed by atoms with Gasteiger partial charge in [0.15, 0.2) is 5.78 Å². The Morgan fingerprint density at radius 3 is 2.92 bits per heavy atom. The van der Waals surface area contributed by atoms with E-state index in [9.17, 15) is 9.59 Å². The molecule has 0 saturated carbocycles. The number of Topliss-reactive ketones (excluding diaryl/α,β-unsaturated/α-hetero) is 1. The second kappa shape index (κ2) is 6.93. The number of dihydropyridines is 1. The van der Waals surface area contributed by atoms with Gasteiger partial charge in [-0.25, -0.2) is 4.79 Å². The average molecular weight is 345 g/mol. The Bertz CT molecular complexity index is 715. The number of allylic oxidation sites excluding steroid dienone is 3. The highest BCUT2D eigenvalue weighted by atomic mass is 32.1. The maximum atomic E-state index is 12.8. The smallest absolute Gasteiger partial charge is 0.337 e.